The summed E-state index contributed by atoms with van der Waals surface area (Å²) in [6.45, 7) is 4.32. The smallest absolute Gasteiger partial charge is 0.123 e. The summed E-state index contributed by atoms with van der Waals surface area (Å²) in [7, 11) is 1.75. The zero-order valence-electron chi connectivity index (χ0n) is 12.4. The van der Waals surface area contributed by atoms with E-state index in [2.05, 4.69) is 48.6 Å². The highest BCUT2D eigenvalue weighted by Gasteiger charge is 2.27. The Labute approximate surface area is 121 Å². The molecule has 20 heavy (non-hydrogen) atoms. The summed E-state index contributed by atoms with van der Waals surface area (Å²) in [5.41, 5.74) is 1.27. The molecule has 1 saturated carbocycles. The van der Waals surface area contributed by atoms with Gasteiger partial charge in [0.15, 0.2) is 0 Å². The van der Waals surface area contributed by atoms with Gasteiger partial charge < -0.3 is 10.1 Å². The van der Waals surface area contributed by atoms with Crippen LogP contribution in [-0.2, 0) is 6.54 Å². The first kappa shape index (κ1) is 13.4. The number of methoxy groups -OCH3 is 1. The minimum absolute atomic E-state index is 0.788. The summed E-state index contributed by atoms with van der Waals surface area (Å²) < 4.78 is 5.53. The zero-order valence-corrected chi connectivity index (χ0v) is 12.4. The molecule has 2 heteroatoms. The van der Waals surface area contributed by atoms with Crippen molar-refractivity contribution in [1.82, 2.24) is 5.32 Å². The van der Waals surface area contributed by atoms with Crippen molar-refractivity contribution in [2.45, 2.75) is 26.3 Å². The van der Waals surface area contributed by atoms with Gasteiger partial charge in [-0.2, -0.15) is 0 Å². The molecule has 0 bridgehead atoms. The minimum atomic E-state index is 0.788. The van der Waals surface area contributed by atoms with Crippen LogP contribution in [0, 0.1) is 11.8 Å². The molecule has 1 unspecified atom stereocenters. The molecular weight excluding hydrogens is 246 g/mol. The molecule has 2 aromatic rings. The van der Waals surface area contributed by atoms with E-state index in [-0.39, 0.29) is 0 Å². The average molecular weight is 269 g/mol. The van der Waals surface area contributed by atoms with Crippen LogP contribution in [0.3, 0.4) is 0 Å². The second kappa shape index (κ2) is 5.84. The van der Waals surface area contributed by atoms with Crippen molar-refractivity contribution in [3.8, 4) is 5.75 Å². The van der Waals surface area contributed by atoms with Crippen molar-refractivity contribution in [3.63, 3.8) is 0 Å². The van der Waals surface area contributed by atoms with Crippen LogP contribution < -0.4 is 10.1 Å². The SMILES string of the molecule is COc1ccc2ccccc2c1CNCC(C)C1CC1. The highest BCUT2D eigenvalue weighted by atomic mass is 16.5. The third-order valence-electron chi connectivity index (χ3n) is 4.41. The lowest BCUT2D eigenvalue weighted by atomic mass is 10.0. The highest BCUT2D eigenvalue weighted by Crippen LogP contribution is 2.36. The van der Waals surface area contributed by atoms with E-state index in [4.69, 9.17) is 4.74 Å². The second-order valence-electron chi connectivity index (χ2n) is 5.91. The fourth-order valence-corrected chi connectivity index (χ4v) is 2.95. The number of hydrogen-bond donors (Lipinski definition) is 1. The quantitative estimate of drug-likeness (QED) is 0.856. The van der Waals surface area contributed by atoms with Gasteiger partial charge in [-0.3, -0.25) is 0 Å². The van der Waals surface area contributed by atoms with E-state index >= 15 is 0 Å². The van der Waals surface area contributed by atoms with Gasteiger partial charge in [0, 0.05) is 12.1 Å². The number of nitrogens with one attached hydrogen (secondary N) is 1. The van der Waals surface area contributed by atoms with Crippen molar-refractivity contribution in [3.05, 3.63) is 42.0 Å². The molecule has 0 amide bonds. The molecule has 2 aromatic carbocycles. The fraction of sp³-hybridized carbons (Fsp3) is 0.444. The molecule has 2 nitrogen and oxygen atoms in total. The Bertz CT molecular complexity index is 589. The monoisotopic (exact) mass is 269 g/mol. The van der Waals surface area contributed by atoms with Crippen molar-refractivity contribution in [2.24, 2.45) is 11.8 Å². The van der Waals surface area contributed by atoms with Crippen molar-refractivity contribution in [1.29, 1.82) is 0 Å². The van der Waals surface area contributed by atoms with Crippen LogP contribution in [0.1, 0.15) is 25.3 Å². The van der Waals surface area contributed by atoms with Gasteiger partial charge >= 0.3 is 0 Å². The van der Waals surface area contributed by atoms with Crippen LogP contribution in [0.5, 0.6) is 5.75 Å². The van der Waals surface area contributed by atoms with Crippen molar-refractivity contribution in [2.75, 3.05) is 13.7 Å². The normalized spacial score (nSPS) is 16.3. The lowest BCUT2D eigenvalue weighted by molar-refractivity contribution is 0.405. The predicted molar refractivity (Wildman–Crippen MR) is 84.1 cm³/mol. The largest absolute Gasteiger partial charge is 0.496 e. The Balaban J connectivity index is 1.77. The van der Waals surface area contributed by atoms with E-state index in [0.717, 1.165) is 30.7 Å². The summed E-state index contributed by atoms with van der Waals surface area (Å²) in [6.07, 6.45) is 2.83. The van der Waals surface area contributed by atoms with Gasteiger partial charge in [0.05, 0.1) is 7.11 Å². The van der Waals surface area contributed by atoms with Gasteiger partial charge in [0.1, 0.15) is 5.75 Å². The van der Waals surface area contributed by atoms with Crippen LogP contribution in [0.2, 0.25) is 0 Å². The van der Waals surface area contributed by atoms with Crippen LogP contribution >= 0.6 is 0 Å². The van der Waals surface area contributed by atoms with E-state index < -0.39 is 0 Å². The first-order valence-electron chi connectivity index (χ1n) is 7.55. The summed E-state index contributed by atoms with van der Waals surface area (Å²) >= 11 is 0. The molecule has 1 N–H and O–H groups in total. The summed E-state index contributed by atoms with van der Waals surface area (Å²) in [5, 5.41) is 6.18. The molecule has 0 radical (unpaired) electrons. The molecule has 1 atom stereocenters. The minimum Gasteiger partial charge on any atom is -0.496 e. The molecule has 1 aliphatic carbocycles. The Morgan fingerprint density at radius 3 is 2.75 bits per heavy atom. The van der Waals surface area contributed by atoms with Crippen LogP contribution in [0.4, 0.5) is 0 Å². The van der Waals surface area contributed by atoms with Crippen LogP contribution in [0.25, 0.3) is 10.8 Å². The molecule has 1 fully saturated rings. The summed E-state index contributed by atoms with van der Waals surface area (Å²) in [5.74, 6) is 2.73. The Morgan fingerprint density at radius 2 is 2.00 bits per heavy atom. The number of fused-ring (bicyclic) bond motifs is 1. The molecule has 1 aliphatic rings. The maximum absolute atomic E-state index is 5.53. The zero-order chi connectivity index (χ0) is 13.9. The van der Waals surface area contributed by atoms with Gasteiger partial charge in [-0.25, -0.2) is 0 Å². The average Bonchev–Trinajstić information content (AvgIpc) is 3.32. The third-order valence-corrected chi connectivity index (χ3v) is 4.41. The fourth-order valence-electron chi connectivity index (χ4n) is 2.95. The molecule has 0 saturated heterocycles. The Hall–Kier alpha value is -1.54. The van der Waals surface area contributed by atoms with Gasteiger partial charge in [0.2, 0.25) is 0 Å². The van der Waals surface area contributed by atoms with E-state index in [9.17, 15) is 0 Å². The van der Waals surface area contributed by atoms with E-state index in [1.54, 1.807) is 7.11 Å². The van der Waals surface area contributed by atoms with Crippen molar-refractivity contribution < 1.29 is 4.74 Å². The number of ether oxygens (including phenoxy) is 1. The maximum atomic E-state index is 5.53. The first-order valence-corrected chi connectivity index (χ1v) is 7.55. The molecule has 3 rings (SSSR count). The first-order chi connectivity index (χ1) is 9.79. The van der Waals surface area contributed by atoms with E-state index in [1.807, 2.05) is 0 Å². The Kier molecular flexibility index (Phi) is 3.93. The third kappa shape index (κ3) is 2.80. The van der Waals surface area contributed by atoms with Gasteiger partial charge in [-0.1, -0.05) is 37.3 Å². The second-order valence-corrected chi connectivity index (χ2v) is 5.91. The van der Waals surface area contributed by atoms with Crippen LogP contribution in [-0.4, -0.2) is 13.7 Å². The predicted octanol–water partition coefficient (Wildman–Crippen LogP) is 3.98. The van der Waals surface area contributed by atoms with Gasteiger partial charge in [0.25, 0.3) is 0 Å². The van der Waals surface area contributed by atoms with Crippen molar-refractivity contribution >= 4 is 10.8 Å². The summed E-state index contributed by atoms with van der Waals surface area (Å²) in [4.78, 5) is 0. The lowest BCUT2D eigenvalue weighted by Gasteiger charge is -2.15. The molecule has 0 aliphatic heterocycles. The number of benzene rings is 2. The van der Waals surface area contributed by atoms with Gasteiger partial charge in [-0.05, 0) is 48.1 Å². The molecule has 0 aromatic heterocycles. The standard InChI is InChI=1S/C18H23NO/c1-13(14-7-8-14)11-19-12-17-16-6-4-3-5-15(16)9-10-18(17)20-2/h3-6,9-10,13-14,19H,7-8,11-12H2,1-2H3. The highest BCUT2D eigenvalue weighted by molar-refractivity contribution is 5.87. The van der Waals surface area contributed by atoms with E-state index in [0.29, 0.717) is 0 Å². The Morgan fingerprint density at radius 1 is 1.20 bits per heavy atom. The van der Waals surface area contributed by atoms with Crippen LogP contribution in [0.15, 0.2) is 36.4 Å². The maximum Gasteiger partial charge on any atom is 0.123 e. The number of rotatable bonds is 6. The topological polar surface area (TPSA) is 21.3 Å². The molecular formula is C18H23NO. The molecule has 0 heterocycles. The molecule has 0 spiro atoms. The summed E-state index contributed by atoms with van der Waals surface area (Å²) in [6, 6.07) is 12.7. The van der Waals surface area contributed by atoms with Gasteiger partial charge in [-0.15, -0.1) is 0 Å². The van der Waals surface area contributed by atoms with E-state index in [1.165, 1.54) is 29.2 Å². The number of hydrogen-bond acceptors (Lipinski definition) is 2. The lowest BCUT2D eigenvalue weighted by Crippen LogP contribution is -2.22. The molecule has 106 valence electrons.